The Morgan fingerprint density at radius 3 is 2.81 bits per heavy atom. The number of thioether (sulfide) groups is 2. The molecule has 3 rings (SSSR count). The van der Waals surface area contributed by atoms with Gasteiger partial charge in [0.25, 0.3) is 0 Å². The third kappa shape index (κ3) is 4.74. The summed E-state index contributed by atoms with van der Waals surface area (Å²) in [5, 5.41) is 0.679. The number of anilines is 1. The maximum absolute atomic E-state index is 2.79. The molecule has 0 aromatic heterocycles. The van der Waals surface area contributed by atoms with Crippen molar-refractivity contribution in [1.82, 2.24) is 4.90 Å². The van der Waals surface area contributed by atoms with Crippen molar-refractivity contribution < 1.29 is 0 Å². The summed E-state index contributed by atoms with van der Waals surface area (Å²) in [6.07, 6.45) is 11.6. The van der Waals surface area contributed by atoms with E-state index in [2.05, 4.69) is 66.9 Å². The van der Waals surface area contributed by atoms with E-state index in [0.717, 1.165) is 6.04 Å². The highest BCUT2D eigenvalue weighted by Gasteiger charge is 2.32. The van der Waals surface area contributed by atoms with Crippen LogP contribution in [0.2, 0.25) is 0 Å². The fourth-order valence-electron chi connectivity index (χ4n) is 4.55. The Morgan fingerprint density at radius 2 is 2.08 bits per heavy atom. The third-order valence-electron chi connectivity index (χ3n) is 6.21. The lowest BCUT2D eigenvalue weighted by molar-refractivity contribution is 0.176. The molecule has 0 aliphatic carbocycles. The summed E-state index contributed by atoms with van der Waals surface area (Å²) in [5.74, 6) is 0. The Bertz CT molecular complexity index is 577. The zero-order valence-electron chi connectivity index (χ0n) is 17.0. The molecule has 1 aromatic rings. The first kappa shape index (κ1) is 20.4. The van der Waals surface area contributed by atoms with Gasteiger partial charge in [-0.15, -0.1) is 23.5 Å². The van der Waals surface area contributed by atoms with Crippen LogP contribution in [0.1, 0.15) is 58.8 Å². The average Bonchev–Trinajstić information content (AvgIpc) is 2.65. The first-order valence-corrected chi connectivity index (χ1v) is 12.6. The summed E-state index contributed by atoms with van der Waals surface area (Å²) in [4.78, 5) is 8.27. The van der Waals surface area contributed by atoms with Crippen molar-refractivity contribution in [3.8, 4) is 0 Å². The second-order valence-corrected chi connectivity index (χ2v) is 10.3. The van der Waals surface area contributed by atoms with Crippen molar-refractivity contribution in [2.45, 2.75) is 85.9 Å². The predicted octanol–water partition coefficient (Wildman–Crippen LogP) is 6.14. The number of hydrogen-bond acceptors (Lipinski definition) is 4. The lowest BCUT2D eigenvalue weighted by Crippen LogP contribution is -2.47. The monoisotopic (exact) mass is 392 g/mol. The van der Waals surface area contributed by atoms with E-state index < -0.39 is 0 Å². The molecule has 0 bridgehead atoms. The van der Waals surface area contributed by atoms with Gasteiger partial charge >= 0.3 is 0 Å². The van der Waals surface area contributed by atoms with E-state index in [0.29, 0.717) is 11.3 Å². The van der Waals surface area contributed by atoms with Crippen LogP contribution >= 0.6 is 23.5 Å². The molecule has 2 aliphatic heterocycles. The average molecular weight is 393 g/mol. The van der Waals surface area contributed by atoms with E-state index >= 15 is 0 Å². The number of unbranched alkanes of at least 4 members (excludes halogenated alkanes) is 1. The van der Waals surface area contributed by atoms with Crippen molar-refractivity contribution in [3.05, 3.63) is 18.2 Å². The molecule has 0 amide bonds. The second-order valence-electron chi connectivity index (χ2n) is 7.98. The van der Waals surface area contributed by atoms with Crippen LogP contribution in [0, 0.1) is 0 Å². The summed E-state index contributed by atoms with van der Waals surface area (Å²) in [6, 6.07) is 8.55. The molecular weight excluding hydrogens is 356 g/mol. The van der Waals surface area contributed by atoms with E-state index in [9.17, 15) is 0 Å². The van der Waals surface area contributed by atoms with Crippen molar-refractivity contribution in [3.63, 3.8) is 0 Å². The van der Waals surface area contributed by atoms with Crippen LogP contribution in [-0.4, -0.2) is 48.6 Å². The maximum atomic E-state index is 2.79. The zero-order chi connectivity index (χ0) is 18.5. The standard InChI is InChI=1S/C22H36N2S2/c1-5-6-10-20-17(2)26-22-12-11-19(25-4)16-21(22)24(20)15-13-18-9-7-8-14-23(18)3/h11-12,16-18,20H,5-10,13-15H2,1-4H3. The molecule has 4 heteroatoms. The molecule has 2 nitrogen and oxygen atoms in total. The minimum absolute atomic E-state index is 0.679. The molecule has 0 saturated carbocycles. The van der Waals surface area contributed by atoms with Gasteiger partial charge < -0.3 is 9.80 Å². The second kappa shape index (κ2) is 9.75. The number of likely N-dealkylation sites (tertiary alicyclic amines) is 1. The van der Waals surface area contributed by atoms with E-state index in [-0.39, 0.29) is 0 Å². The highest BCUT2D eigenvalue weighted by atomic mass is 32.2. The van der Waals surface area contributed by atoms with Gasteiger partial charge in [-0.2, -0.15) is 0 Å². The number of piperidine rings is 1. The van der Waals surface area contributed by atoms with Crippen LogP contribution in [0.5, 0.6) is 0 Å². The molecule has 146 valence electrons. The van der Waals surface area contributed by atoms with Crippen molar-refractivity contribution in [2.75, 3.05) is 31.3 Å². The molecule has 2 aliphatic rings. The smallest absolute Gasteiger partial charge is 0.0518 e. The van der Waals surface area contributed by atoms with Crippen molar-refractivity contribution in [1.29, 1.82) is 0 Å². The van der Waals surface area contributed by atoms with Gasteiger partial charge in [-0.3, -0.25) is 0 Å². The summed E-state index contributed by atoms with van der Waals surface area (Å²) >= 11 is 3.96. The topological polar surface area (TPSA) is 6.48 Å². The van der Waals surface area contributed by atoms with Gasteiger partial charge in [0.1, 0.15) is 0 Å². The van der Waals surface area contributed by atoms with E-state index in [4.69, 9.17) is 0 Å². The molecular formula is C22H36N2S2. The minimum atomic E-state index is 0.679. The Hall–Kier alpha value is -0.320. The first-order chi connectivity index (χ1) is 12.6. The van der Waals surface area contributed by atoms with E-state index in [1.807, 2.05) is 11.8 Å². The van der Waals surface area contributed by atoms with Crippen LogP contribution in [0.4, 0.5) is 5.69 Å². The Labute approximate surface area is 169 Å². The van der Waals surface area contributed by atoms with Gasteiger partial charge in [0.2, 0.25) is 0 Å². The first-order valence-electron chi connectivity index (χ1n) is 10.5. The third-order valence-corrected chi connectivity index (χ3v) is 8.22. The fourth-order valence-corrected chi connectivity index (χ4v) is 6.26. The maximum Gasteiger partial charge on any atom is 0.0518 e. The molecule has 1 aromatic carbocycles. The van der Waals surface area contributed by atoms with E-state index in [1.165, 1.54) is 73.5 Å². The Balaban J connectivity index is 1.81. The summed E-state index contributed by atoms with van der Waals surface area (Å²) in [6.45, 7) is 7.25. The number of nitrogens with zero attached hydrogens (tertiary/aromatic N) is 2. The molecule has 1 saturated heterocycles. The van der Waals surface area contributed by atoms with Crippen molar-refractivity contribution >= 4 is 29.2 Å². The van der Waals surface area contributed by atoms with Crippen molar-refractivity contribution in [2.24, 2.45) is 0 Å². The summed E-state index contributed by atoms with van der Waals surface area (Å²) in [7, 11) is 2.33. The minimum Gasteiger partial charge on any atom is -0.366 e. The number of benzene rings is 1. The molecule has 2 heterocycles. The summed E-state index contributed by atoms with van der Waals surface area (Å²) < 4.78 is 0. The zero-order valence-corrected chi connectivity index (χ0v) is 18.7. The van der Waals surface area contributed by atoms with Gasteiger partial charge in [0, 0.05) is 33.7 Å². The highest BCUT2D eigenvalue weighted by Crippen LogP contribution is 2.44. The number of fused-ring (bicyclic) bond motifs is 1. The highest BCUT2D eigenvalue weighted by molar-refractivity contribution is 8.00. The van der Waals surface area contributed by atoms with Gasteiger partial charge in [-0.1, -0.05) is 33.1 Å². The Morgan fingerprint density at radius 1 is 1.23 bits per heavy atom. The molecule has 0 N–H and O–H groups in total. The van der Waals surface area contributed by atoms with Gasteiger partial charge in [-0.05, 0) is 63.7 Å². The molecule has 0 spiro atoms. The lowest BCUT2D eigenvalue weighted by Gasteiger charge is -2.44. The lowest BCUT2D eigenvalue weighted by atomic mass is 9.98. The van der Waals surface area contributed by atoms with E-state index in [1.54, 1.807) is 0 Å². The molecule has 1 fully saturated rings. The largest absolute Gasteiger partial charge is 0.366 e. The van der Waals surface area contributed by atoms with Gasteiger partial charge in [0.05, 0.1) is 5.69 Å². The van der Waals surface area contributed by atoms with Crippen LogP contribution in [0.25, 0.3) is 0 Å². The van der Waals surface area contributed by atoms with Crippen LogP contribution in [0.15, 0.2) is 28.0 Å². The molecule has 3 atom stereocenters. The quantitative estimate of drug-likeness (QED) is 0.514. The molecule has 26 heavy (non-hydrogen) atoms. The van der Waals surface area contributed by atoms with Crippen LogP contribution in [0.3, 0.4) is 0 Å². The molecule has 3 unspecified atom stereocenters. The number of rotatable bonds is 7. The fraction of sp³-hybridized carbons (Fsp3) is 0.727. The molecule has 0 radical (unpaired) electrons. The van der Waals surface area contributed by atoms with Gasteiger partial charge in [-0.25, -0.2) is 0 Å². The number of hydrogen-bond donors (Lipinski definition) is 0. The summed E-state index contributed by atoms with van der Waals surface area (Å²) in [5.41, 5.74) is 1.50. The van der Waals surface area contributed by atoms with Crippen LogP contribution in [-0.2, 0) is 0 Å². The SMILES string of the molecule is CCCCC1C(C)Sc2ccc(SC)cc2N1CCC1CCCCN1C. The van der Waals surface area contributed by atoms with Gasteiger partial charge in [0.15, 0.2) is 0 Å². The van der Waals surface area contributed by atoms with Crippen LogP contribution < -0.4 is 4.90 Å². The normalized spacial score (nSPS) is 26.8. The predicted molar refractivity (Wildman–Crippen MR) is 119 cm³/mol. The Kier molecular flexibility index (Phi) is 7.65.